The number of nitrogens with one attached hydrogen (secondary N) is 1. The number of thioether (sulfide) groups is 1. The first kappa shape index (κ1) is 15.9. The van der Waals surface area contributed by atoms with Gasteiger partial charge in [0, 0.05) is 29.2 Å². The first-order valence-electron chi connectivity index (χ1n) is 7.28. The maximum atomic E-state index is 12.0. The van der Waals surface area contributed by atoms with Gasteiger partial charge in [0.25, 0.3) is 0 Å². The Balaban J connectivity index is 1.59. The van der Waals surface area contributed by atoms with Crippen LogP contribution in [-0.2, 0) is 17.8 Å². The molecule has 5 nitrogen and oxygen atoms in total. The normalized spacial score (nSPS) is 10.8. The summed E-state index contributed by atoms with van der Waals surface area (Å²) in [6.07, 6.45) is 6.01. The Bertz CT molecular complexity index is 804. The van der Waals surface area contributed by atoms with Crippen molar-refractivity contribution in [1.82, 2.24) is 20.3 Å². The number of nitrogens with zero attached hydrogens (tertiary/aromatic N) is 3. The lowest BCUT2D eigenvalue weighted by atomic mass is 10.3. The van der Waals surface area contributed by atoms with Gasteiger partial charge in [0.2, 0.25) is 5.91 Å². The molecule has 0 saturated heterocycles. The third-order valence-corrected chi connectivity index (χ3v) is 5.44. The Morgan fingerprint density at radius 1 is 1.39 bits per heavy atom. The minimum Gasteiger partial charge on any atom is -0.351 e. The molecule has 0 bridgehead atoms. The van der Waals surface area contributed by atoms with Crippen molar-refractivity contribution in [2.24, 2.45) is 0 Å². The van der Waals surface area contributed by atoms with E-state index in [2.05, 4.69) is 33.3 Å². The van der Waals surface area contributed by atoms with Crippen LogP contribution in [0.4, 0.5) is 0 Å². The second-order valence-corrected chi connectivity index (χ2v) is 6.97. The van der Waals surface area contributed by atoms with E-state index >= 15 is 0 Å². The molecule has 23 heavy (non-hydrogen) atoms. The molecule has 1 N–H and O–H groups in total. The third-order valence-electron chi connectivity index (χ3n) is 3.24. The fourth-order valence-electron chi connectivity index (χ4n) is 2.06. The molecule has 3 aromatic rings. The third kappa shape index (κ3) is 4.05. The van der Waals surface area contributed by atoms with Crippen molar-refractivity contribution in [2.75, 3.05) is 5.75 Å². The van der Waals surface area contributed by atoms with E-state index in [0.717, 1.165) is 27.2 Å². The number of carbonyl (C=O) groups is 1. The van der Waals surface area contributed by atoms with Gasteiger partial charge in [0.15, 0.2) is 0 Å². The molecule has 0 aliphatic rings. The molecule has 3 heterocycles. The van der Waals surface area contributed by atoms with Gasteiger partial charge in [-0.1, -0.05) is 24.8 Å². The number of aromatic nitrogens is 3. The number of amides is 1. The van der Waals surface area contributed by atoms with Gasteiger partial charge in [-0.2, -0.15) is 0 Å². The first-order valence-corrected chi connectivity index (χ1v) is 9.08. The van der Waals surface area contributed by atoms with Crippen LogP contribution in [0.1, 0.15) is 17.4 Å². The molecule has 0 aromatic carbocycles. The lowest BCUT2D eigenvalue weighted by Crippen LogP contribution is -2.24. The average Bonchev–Trinajstić information content (AvgIpc) is 3.03. The largest absolute Gasteiger partial charge is 0.351 e. The van der Waals surface area contributed by atoms with Crippen LogP contribution >= 0.6 is 23.1 Å². The summed E-state index contributed by atoms with van der Waals surface area (Å²) in [5.74, 6) is 0.320. The van der Waals surface area contributed by atoms with Crippen LogP contribution < -0.4 is 5.32 Å². The molecule has 3 rings (SSSR count). The highest BCUT2D eigenvalue weighted by atomic mass is 32.2. The molecule has 0 spiro atoms. The molecule has 0 atom stereocenters. The van der Waals surface area contributed by atoms with Crippen molar-refractivity contribution in [3.63, 3.8) is 0 Å². The van der Waals surface area contributed by atoms with E-state index in [0.29, 0.717) is 12.3 Å². The summed E-state index contributed by atoms with van der Waals surface area (Å²) in [4.78, 5) is 26.9. The van der Waals surface area contributed by atoms with E-state index in [1.165, 1.54) is 16.6 Å². The fraction of sp³-hybridized carbons (Fsp3) is 0.250. The van der Waals surface area contributed by atoms with Crippen LogP contribution in [-0.4, -0.2) is 26.6 Å². The van der Waals surface area contributed by atoms with Gasteiger partial charge in [0.05, 0.1) is 5.75 Å². The fourth-order valence-corrected chi connectivity index (χ4v) is 3.86. The molecule has 0 fully saturated rings. The quantitative estimate of drug-likeness (QED) is 0.550. The molecular weight excluding hydrogens is 328 g/mol. The van der Waals surface area contributed by atoms with Crippen molar-refractivity contribution < 1.29 is 4.79 Å². The number of hydrogen-bond donors (Lipinski definition) is 1. The molecule has 1 amide bonds. The van der Waals surface area contributed by atoms with E-state index in [1.807, 2.05) is 12.1 Å². The molecule has 118 valence electrons. The topological polar surface area (TPSA) is 67.8 Å². The summed E-state index contributed by atoms with van der Waals surface area (Å²) in [7, 11) is 0. The number of carbonyl (C=O) groups excluding carboxylic acids is 1. The van der Waals surface area contributed by atoms with Crippen LogP contribution in [0, 0.1) is 0 Å². The predicted octanol–water partition coefficient (Wildman–Crippen LogP) is 3.06. The summed E-state index contributed by atoms with van der Waals surface area (Å²) in [5, 5.41) is 4.80. The highest BCUT2D eigenvalue weighted by Gasteiger charge is 2.10. The number of hydrogen-bond acceptors (Lipinski definition) is 6. The van der Waals surface area contributed by atoms with Crippen molar-refractivity contribution in [1.29, 1.82) is 0 Å². The maximum Gasteiger partial charge on any atom is 0.230 e. The van der Waals surface area contributed by atoms with Gasteiger partial charge in [-0.3, -0.25) is 9.78 Å². The van der Waals surface area contributed by atoms with Crippen molar-refractivity contribution >= 4 is 39.2 Å². The van der Waals surface area contributed by atoms with Crippen molar-refractivity contribution in [3.8, 4) is 0 Å². The van der Waals surface area contributed by atoms with Crippen LogP contribution in [0.2, 0.25) is 0 Å². The molecule has 3 aromatic heterocycles. The molecular formula is C16H16N4OS2. The van der Waals surface area contributed by atoms with Crippen LogP contribution in [0.3, 0.4) is 0 Å². The second kappa shape index (κ2) is 7.52. The summed E-state index contributed by atoms with van der Waals surface area (Å²) in [6.45, 7) is 2.61. The lowest BCUT2D eigenvalue weighted by molar-refractivity contribution is -0.118. The molecule has 0 aliphatic carbocycles. The lowest BCUT2D eigenvalue weighted by Gasteiger charge is -2.05. The molecule has 0 saturated carbocycles. The van der Waals surface area contributed by atoms with E-state index in [1.54, 1.807) is 30.1 Å². The van der Waals surface area contributed by atoms with Crippen LogP contribution in [0.5, 0.6) is 0 Å². The average molecular weight is 344 g/mol. The van der Waals surface area contributed by atoms with E-state index in [4.69, 9.17) is 0 Å². The zero-order valence-corrected chi connectivity index (χ0v) is 14.3. The van der Waals surface area contributed by atoms with Gasteiger partial charge >= 0.3 is 0 Å². The predicted molar refractivity (Wildman–Crippen MR) is 93.6 cm³/mol. The maximum absolute atomic E-state index is 12.0. The Morgan fingerprint density at radius 2 is 2.30 bits per heavy atom. The monoisotopic (exact) mass is 344 g/mol. The highest BCUT2D eigenvalue weighted by molar-refractivity contribution is 8.00. The number of aryl methyl sites for hydroxylation is 1. The van der Waals surface area contributed by atoms with Gasteiger partial charge in [-0.15, -0.1) is 11.3 Å². The van der Waals surface area contributed by atoms with Crippen LogP contribution in [0.25, 0.3) is 10.2 Å². The van der Waals surface area contributed by atoms with Gasteiger partial charge in [-0.25, -0.2) is 9.97 Å². The van der Waals surface area contributed by atoms with E-state index < -0.39 is 0 Å². The number of pyridine rings is 1. The van der Waals surface area contributed by atoms with Gasteiger partial charge in [-0.05, 0) is 24.1 Å². The summed E-state index contributed by atoms with van der Waals surface area (Å²) >= 11 is 3.13. The van der Waals surface area contributed by atoms with Gasteiger partial charge < -0.3 is 5.32 Å². The zero-order valence-electron chi connectivity index (χ0n) is 12.7. The molecule has 0 unspecified atom stereocenters. The Morgan fingerprint density at radius 3 is 3.09 bits per heavy atom. The zero-order chi connectivity index (χ0) is 16.1. The van der Waals surface area contributed by atoms with Crippen molar-refractivity contribution in [3.05, 3.63) is 47.4 Å². The number of fused-ring (bicyclic) bond motifs is 1. The number of rotatable bonds is 6. The minimum absolute atomic E-state index is 0.0171. The Kier molecular flexibility index (Phi) is 5.19. The van der Waals surface area contributed by atoms with E-state index in [-0.39, 0.29) is 5.91 Å². The van der Waals surface area contributed by atoms with E-state index in [9.17, 15) is 4.79 Å². The SMILES string of the molecule is CCc1cc2c(SCC(=O)NCc3cccnc3)ncnc2s1. The standard InChI is InChI=1S/C16H16N4OS2/c1-2-12-6-13-15(19-10-20-16(13)23-12)22-9-14(21)18-8-11-4-3-5-17-7-11/h3-7,10H,2,8-9H2,1H3,(H,18,21). The second-order valence-electron chi connectivity index (χ2n) is 4.89. The first-order chi connectivity index (χ1) is 11.3. The highest BCUT2D eigenvalue weighted by Crippen LogP contribution is 2.30. The summed E-state index contributed by atoms with van der Waals surface area (Å²) in [6, 6.07) is 5.91. The van der Waals surface area contributed by atoms with Crippen LogP contribution in [0.15, 0.2) is 41.9 Å². The van der Waals surface area contributed by atoms with Gasteiger partial charge in [0.1, 0.15) is 16.2 Å². The Hall–Kier alpha value is -1.99. The minimum atomic E-state index is -0.0171. The molecule has 0 aliphatic heterocycles. The summed E-state index contributed by atoms with van der Waals surface area (Å²) < 4.78 is 0. The molecule has 0 radical (unpaired) electrons. The Labute approximate surface area is 142 Å². The number of thiophene rings is 1. The smallest absolute Gasteiger partial charge is 0.230 e. The molecule has 7 heteroatoms. The summed E-state index contributed by atoms with van der Waals surface area (Å²) in [5.41, 5.74) is 0.987. The van der Waals surface area contributed by atoms with Crippen molar-refractivity contribution in [2.45, 2.75) is 24.9 Å².